The number of benzene rings is 1. The van der Waals surface area contributed by atoms with Gasteiger partial charge >= 0.3 is 5.97 Å². The fourth-order valence-electron chi connectivity index (χ4n) is 3.58. The van der Waals surface area contributed by atoms with Crippen molar-refractivity contribution in [1.29, 1.82) is 0 Å². The van der Waals surface area contributed by atoms with E-state index in [-0.39, 0.29) is 47.9 Å². The number of esters is 1. The van der Waals surface area contributed by atoms with Crippen molar-refractivity contribution < 1.29 is 23.9 Å². The normalized spacial score (nSPS) is 13.1. The van der Waals surface area contributed by atoms with Crippen molar-refractivity contribution >= 4 is 29.3 Å². The molecule has 36 heavy (non-hydrogen) atoms. The van der Waals surface area contributed by atoms with Gasteiger partial charge in [-0.05, 0) is 48.8 Å². The lowest BCUT2D eigenvalue weighted by Gasteiger charge is -2.22. The predicted octanol–water partition coefficient (Wildman–Crippen LogP) is 5.81. The molecule has 0 spiro atoms. The SMILES string of the molecule is CCCCCC(=O)C[C@H](C(=O)N[C@@H](C)C(=O)Nc1ccc(COC(=O)CCC(C)(C)C)cc1)C(C)C. The maximum Gasteiger partial charge on any atom is 0.306 e. The van der Waals surface area contributed by atoms with E-state index in [4.69, 9.17) is 4.74 Å². The molecule has 2 atom stereocenters. The number of anilines is 1. The summed E-state index contributed by atoms with van der Waals surface area (Å²) in [7, 11) is 0. The average molecular weight is 503 g/mol. The molecule has 7 heteroatoms. The summed E-state index contributed by atoms with van der Waals surface area (Å²) in [4.78, 5) is 49.6. The minimum absolute atomic E-state index is 0.00880. The summed E-state index contributed by atoms with van der Waals surface area (Å²) in [6.07, 6.45) is 4.73. The van der Waals surface area contributed by atoms with Crippen LogP contribution in [0.2, 0.25) is 0 Å². The third-order valence-corrected chi connectivity index (χ3v) is 6.10. The topological polar surface area (TPSA) is 102 Å². The second-order valence-corrected chi connectivity index (χ2v) is 11.2. The summed E-state index contributed by atoms with van der Waals surface area (Å²) in [5.41, 5.74) is 1.48. The molecule has 202 valence electrons. The van der Waals surface area contributed by atoms with Gasteiger partial charge in [0, 0.05) is 30.9 Å². The van der Waals surface area contributed by atoms with Crippen LogP contribution in [0.4, 0.5) is 5.69 Å². The summed E-state index contributed by atoms with van der Waals surface area (Å²) < 4.78 is 5.32. The lowest BCUT2D eigenvalue weighted by Crippen LogP contribution is -2.45. The van der Waals surface area contributed by atoms with E-state index in [0.29, 0.717) is 18.5 Å². The molecule has 7 nitrogen and oxygen atoms in total. The number of carbonyl (C=O) groups excluding carboxylic acids is 4. The van der Waals surface area contributed by atoms with E-state index in [1.807, 2.05) is 13.8 Å². The molecule has 0 radical (unpaired) electrons. The maximum atomic E-state index is 12.8. The van der Waals surface area contributed by atoms with Crippen LogP contribution >= 0.6 is 0 Å². The Morgan fingerprint density at radius 2 is 1.56 bits per heavy atom. The van der Waals surface area contributed by atoms with Crippen LogP contribution < -0.4 is 10.6 Å². The van der Waals surface area contributed by atoms with Crippen LogP contribution in [0.3, 0.4) is 0 Å². The van der Waals surface area contributed by atoms with Crippen molar-refractivity contribution in [2.75, 3.05) is 5.32 Å². The molecule has 1 rings (SSSR count). The summed E-state index contributed by atoms with van der Waals surface area (Å²) >= 11 is 0. The number of Topliss-reactive ketones (excluding diaryl/α,β-unsaturated/α-hetero) is 1. The average Bonchev–Trinajstić information content (AvgIpc) is 2.80. The molecule has 0 aliphatic heterocycles. The van der Waals surface area contributed by atoms with Crippen LogP contribution in [-0.4, -0.2) is 29.6 Å². The number of unbranched alkanes of at least 4 members (excludes halogenated alkanes) is 2. The van der Waals surface area contributed by atoms with Gasteiger partial charge in [-0.1, -0.05) is 66.5 Å². The second kappa shape index (κ2) is 15.4. The molecule has 1 aromatic rings. The van der Waals surface area contributed by atoms with Crippen molar-refractivity contribution in [1.82, 2.24) is 5.32 Å². The van der Waals surface area contributed by atoms with Gasteiger partial charge in [-0.3, -0.25) is 19.2 Å². The van der Waals surface area contributed by atoms with Gasteiger partial charge < -0.3 is 15.4 Å². The number of rotatable bonds is 15. The van der Waals surface area contributed by atoms with Crippen LogP contribution in [0.1, 0.15) is 99.0 Å². The minimum atomic E-state index is -0.752. The van der Waals surface area contributed by atoms with Crippen LogP contribution in [0, 0.1) is 17.3 Å². The van der Waals surface area contributed by atoms with Crippen molar-refractivity contribution in [3.8, 4) is 0 Å². The van der Waals surface area contributed by atoms with Crippen molar-refractivity contribution in [3.05, 3.63) is 29.8 Å². The van der Waals surface area contributed by atoms with Crippen molar-refractivity contribution in [2.24, 2.45) is 17.3 Å². The van der Waals surface area contributed by atoms with Crippen LogP contribution in [-0.2, 0) is 30.5 Å². The third kappa shape index (κ3) is 12.8. The van der Waals surface area contributed by atoms with Gasteiger partial charge in [0.25, 0.3) is 0 Å². The van der Waals surface area contributed by atoms with Crippen molar-refractivity contribution in [2.45, 2.75) is 106 Å². The van der Waals surface area contributed by atoms with Gasteiger partial charge in [-0.15, -0.1) is 0 Å². The summed E-state index contributed by atoms with van der Waals surface area (Å²) in [5, 5.41) is 5.55. The number of hydrogen-bond donors (Lipinski definition) is 2. The molecule has 1 aromatic carbocycles. The van der Waals surface area contributed by atoms with Crippen LogP contribution in [0.15, 0.2) is 24.3 Å². The molecule has 0 aromatic heterocycles. The van der Waals surface area contributed by atoms with Crippen LogP contribution in [0.25, 0.3) is 0 Å². The van der Waals surface area contributed by atoms with Crippen molar-refractivity contribution in [3.63, 3.8) is 0 Å². The first-order chi connectivity index (χ1) is 16.8. The van der Waals surface area contributed by atoms with Crippen LogP contribution in [0.5, 0.6) is 0 Å². The first-order valence-electron chi connectivity index (χ1n) is 13.2. The third-order valence-electron chi connectivity index (χ3n) is 6.10. The van der Waals surface area contributed by atoms with E-state index in [1.165, 1.54) is 0 Å². The Hall–Kier alpha value is -2.70. The Balaban J connectivity index is 2.55. The van der Waals surface area contributed by atoms with Gasteiger partial charge in [0.1, 0.15) is 18.4 Å². The molecule has 0 aliphatic carbocycles. The minimum Gasteiger partial charge on any atom is -0.461 e. The lowest BCUT2D eigenvalue weighted by atomic mass is 9.88. The molecule has 0 saturated carbocycles. The zero-order valence-electron chi connectivity index (χ0n) is 23.2. The largest absolute Gasteiger partial charge is 0.461 e. The number of hydrogen-bond acceptors (Lipinski definition) is 5. The van der Waals surface area contributed by atoms with E-state index in [1.54, 1.807) is 31.2 Å². The van der Waals surface area contributed by atoms with E-state index in [0.717, 1.165) is 31.2 Å². The summed E-state index contributed by atoms with van der Waals surface area (Å²) in [5.74, 6) is -1.23. The quantitative estimate of drug-likeness (QED) is 0.233. The highest BCUT2D eigenvalue weighted by atomic mass is 16.5. The Bertz CT molecular complexity index is 855. The molecular formula is C29H46N2O5. The molecule has 0 aliphatic rings. The summed E-state index contributed by atoms with van der Waals surface area (Å²) in [6, 6.07) is 6.29. The zero-order chi connectivity index (χ0) is 27.3. The van der Waals surface area contributed by atoms with Gasteiger partial charge in [0.2, 0.25) is 11.8 Å². The Labute approximate surface area is 217 Å². The zero-order valence-corrected chi connectivity index (χ0v) is 23.2. The Morgan fingerprint density at radius 3 is 2.11 bits per heavy atom. The van der Waals surface area contributed by atoms with Gasteiger partial charge in [0.15, 0.2) is 0 Å². The highest BCUT2D eigenvalue weighted by molar-refractivity contribution is 5.97. The molecule has 0 unspecified atom stereocenters. The first kappa shape index (κ1) is 31.3. The van der Waals surface area contributed by atoms with Gasteiger partial charge in [0.05, 0.1) is 0 Å². The van der Waals surface area contributed by atoms with E-state index >= 15 is 0 Å². The molecule has 0 heterocycles. The first-order valence-corrected chi connectivity index (χ1v) is 13.2. The highest BCUT2D eigenvalue weighted by Gasteiger charge is 2.27. The molecular weight excluding hydrogens is 456 g/mol. The Kier molecular flexibility index (Phi) is 13.4. The summed E-state index contributed by atoms with van der Waals surface area (Å²) in [6.45, 7) is 14.0. The van der Waals surface area contributed by atoms with E-state index < -0.39 is 12.0 Å². The predicted molar refractivity (Wildman–Crippen MR) is 143 cm³/mol. The number of ether oxygens (including phenoxy) is 1. The monoisotopic (exact) mass is 502 g/mol. The number of ketones is 1. The highest BCUT2D eigenvalue weighted by Crippen LogP contribution is 2.21. The number of amides is 2. The van der Waals surface area contributed by atoms with E-state index in [2.05, 4.69) is 38.3 Å². The molecule has 0 bridgehead atoms. The Morgan fingerprint density at radius 1 is 0.917 bits per heavy atom. The lowest BCUT2D eigenvalue weighted by molar-refractivity contribution is -0.145. The number of carbonyl (C=O) groups is 4. The fourth-order valence-corrected chi connectivity index (χ4v) is 3.58. The fraction of sp³-hybridized carbons (Fsp3) is 0.655. The molecule has 2 N–H and O–H groups in total. The van der Waals surface area contributed by atoms with Gasteiger partial charge in [-0.25, -0.2) is 0 Å². The molecule has 0 saturated heterocycles. The molecule has 0 fully saturated rings. The molecule has 2 amide bonds. The smallest absolute Gasteiger partial charge is 0.306 e. The van der Waals surface area contributed by atoms with E-state index in [9.17, 15) is 19.2 Å². The second-order valence-electron chi connectivity index (χ2n) is 11.2. The number of nitrogens with one attached hydrogen (secondary N) is 2. The van der Waals surface area contributed by atoms with Gasteiger partial charge in [-0.2, -0.15) is 0 Å². The maximum absolute atomic E-state index is 12.8. The standard InChI is InChI=1S/C29H46N2O5/c1-8-9-10-11-24(32)18-25(20(2)3)28(35)30-21(4)27(34)31-23-14-12-22(13-15-23)19-36-26(33)16-17-29(5,6)7/h12-15,20-21,25H,8-11,16-19H2,1-7H3,(H,30,35)(H,31,34)/t21-,25-/m0/s1.